The summed E-state index contributed by atoms with van der Waals surface area (Å²) >= 11 is 12.0. The molecule has 2 aromatic carbocycles. The van der Waals surface area contributed by atoms with Crippen LogP contribution in [0.1, 0.15) is 6.92 Å². The summed E-state index contributed by atoms with van der Waals surface area (Å²) in [5.74, 6) is 0.357. The molecular formula is C18H20Cl2N2O5S. The molecule has 0 bridgehead atoms. The largest absolute Gasteiger partial charge is 0.497 e. The first-order valence-corrected chi connectivity index (χ1v) is 10.7. The van der Waals surface area contributed by atoms with E-state index in [1.54, 1.807) is 18.2 Å². The Morgan fingerprint density at radius 1 is 1.07 bits per heavy atom. The molecule has 1 amide bonds. The summed E-state index contributed by atoms with van der Waals surface area (Å²) in [7, 11) is -0.852. The van der Waals surface area contributed by atoms with Gasteiger partial charge in [0.05, 0.1) is 31.9 Å². The molecule has 7 nitrogen and oxygen atoms in total. The molecule has 2 aromatic rings. The molecule has 28 heavy (non-hydrogen) atoms. The predicted molar refractivity (Wildman–Crippen MR) is 111 cm³/mol. The molecule has 152 valence electrons. The van der Waals surface area contributed by atoms with Gasteiger partial charge in [0.15, 0.2) is 0 Å². The van der Waals surface area contributed by atoms with Gasteiger partial charge >= 0.3 is 0 Å². The van der Waals surface area contributed by atoms with Crippen molar-refractivity contribution in [1.82, 2.24) is 0 Å². The Labute approximate surface area is 174 Å². The number of hydrogen-bond donors (Lipinski definition) is 1. The normalized spacial score (nSPS) is 12.2. The number of nitrogens with one attached hydrogen (secondary N) is 1. The van der Waals surface area contributed by atoms with Crippen molar-refractivity contribution in [3.05, 3.63) is 46.4 Å². The lowest BCUT2D eigenvalue weighted by atomic mass is 10.2. The summed E-state index contributed by atoms with van der Waals surface area (Å²) in [4.78, 5) is 12.8. The highest BCUT2D eigenvalue weighted by molar-refractivity contribution is 7.92. The SMILES string of the molecule is COc1ccc(NC(=O)[C@@H](C)N(c2cc(Cl)cc(Cl)c2)S(C)(=O)=O)c(OC)c1. The third kappa shape index (κ3) is 5.21. The van der Waals surface area contributed by atoms with Crippen LogP contribution in [0.2, 0.25) is 10.0 Å². The topological polar surface area (TPSA) is 84.9 Å². The first-order chi connectivity index (χ1) is 13.1. The van der Waals surface area contributed by atoms with Gasteiger partial charge in [-0.15, -0.1) is 0 Å². The van der Waals surface area contributed by atoms with Crippen LogP contribution in [-0.4, -0.2) is 40.8 Å². The number of ether oxygens (including phenoxy) is 2. The maximum absolute atomic E-state index is 12.8. The van der Waals surface area contributed by atoms with Crippen molar-refractivity contribution < 1.29 is 22.7 Å². The molecule has 0 unspecified atom stereocenters. The second kappa shape index (κ2) is 8.89. The van der Waals surface area contributed by atoms with Crippen LogP contribution in [0.4, 0.5) is 11.4 Å². The number of rotatable bonds is 7. The van der Waals surface area contributed by atoms with Crippen LogP contribution in [0.15, 0.2) is 36.4 Å². The highest BCUT2D eigenvalue weighted by atomic mass is 35.5. The fraction of sp³-hybridized carbons (Fsp3) is 0.278. The van der Waals surface area contributed by atoms with Crippen LogP contribution in [0, 0.1) is 0 Å². The lowest BCUT2D eigenvalue weighted by Gasteiger charge is -2.28. The van der Waals surface area contributed by atoms with Crippen molar-refractivity contribution in [1.29, 1.82) is 0 Å². The van der Waals surface area contributed by atoms with Crippen molar-refractivity contribution in [2.45, 2.75) is 13.0 Å². The number of methoxy groups -OCH3 is 2. The van der Waals surface area contributed by atoms with Gasteiger partial charge in [0.1, 0.15) is 17.5 Å². The van der Waals surface area contributed by atoms with Gasteiger partial charge in [-0.2, -0.15) is 0 Å². The van der Waals surface area contributed by atoms with E-state index in [-0.39, 0.29) is 15.7 Å². The highest BCUT2D eigenvalue weighted by Gasteiger charge is 2.30. The molecule has 2 rings (SSSR count). The van der Waals surface area contributed by atoms with E-state index in [2.05, 4.69) is 5.32 Å². The van der Waals surface area contributed by atoms with Gasteiger partial charge in [-0.05, 0) is 37.3 Å². The van der Waals surface area contributed by atoms with Gasteiger partial charge in [0.2, 0.25) is 15.9 Å². The van der Waals surface area contributed by atoms with Crippen molar-refractivity contribution >= 4 is 50.5 Å². The summed E-state index contributed by atoms with van der Waals surface area (Å²) < 4.78 is 36.1. The lowest BCUT2D eigenvalue weighted by Crippen LogP contribution is -2.45. The van der Waals surface area contributed by atoms with E-state index in [9.17, 15) is 13.2 Å². The van der Waals surface area contributed by atoms with E-state index < -0.39 is 22.0 Å². The molecule has 0 aliphatic rings. The van der Waals surface area contributed by atoms with Crippen LogP contribution in [-0.2, 0) is 14.8 Å². The molecular weight excluding hydrogens is 427 g/mol. The molecule has 10 heteroatoms. The molecule has 0 aliphatic heterocycles. The third-order valence-corrected chi connectivity index (χ3v) is 5.53. The van der Waals surface area contributed by atoms with Crippen LogP contribution in [0.25, 0.3) is 0 Å². The van der Waals surface area contributed by atoms with Crippen LogP contribution >= 0.6 is 23.2 Å². The maximum atomic E-state index is 12.8. The van der Waals surface area contributed by atoms with Crippen molar-refractivity contribution in [3.63, 3.8) is 0 Å². The summed E-state index contributed by atoms with van der Waals surface area (Å²) in [5.41, 5.74) is 0.557. The lowest BCUT2D eigenvalue weighted by molar-refractivity contribution is -0.116. The van der Waals surface area contributed by atoms with Crippen LogP contribution < -0.4 is 19.1 Å². The smallest absolute Gasteiger partial charge is 0.248 e. The van der Waals surface area contributed by atoms with Crippen molar-refractivity contribution in [2.75, 3.05) is 30.1 Å². The van der Waals surface area contributed by atoms with Crippen LogP contribution in [0.3, 0.4) is 0 Å². The van der Waals surface area contributed by atoms with E-state index in [4.69, 9.17) is 32.7 Å². The first kappa shape index (κ1) is 22.1. The molecule has 0 saturated heterocycles. The van der Waals surface area contributed by atoms with E-state index in [1.807, 2.05) is 0 Å². The van der Waals surface area contributed by atoms with Gasteiger partial charge in [-0.25, -0.2) is 8.42 Å². The molecule has 0 spiro atoms. The monoisotopic (exact) mass is 446 g/mol. The molecule has 0 radical (unpaired) electrons. The quantitative estimate of drug-likeness (QED) is 0.698. The number of carbonyl (C=O) groups is 1. The van der Waals surface area contributed by atoms with Gasteiger partial charge < -0.3 is 14.8 Å². The molecule has 1 atom stereocenters. The number of sulfonamides is 1. The number of hydrogen-bond acceptors (Lipinski definition) is 5. The van der Waals surface area contributed by atoms with Gasteiger partial charge in [-0.1, -0.05) is 23.2 Å². The average molecular weight is 447 g/mol. The standard InChI is InChI=1S/C18H20Cl2N2O5S/c1-11(18(23)21-16-6-5-15(26-2)10-17(16)27-3)22(28(4,24)25)14-8-12(19)7-13(20)9-14/h5-11H,1-4H3,(H,21,23)/t11-/m1/s1. The Morgan fingerprint density at radius 2 is 1.68 bits per heavy atom. The van der Waals surface area contributed by atoms with Gasteiger partial charge in [-0.3, -0.25) is 9.10 Å². The fourth-order valence-corrected chi connectivity index (χ4v) is 4.29. The number of carbonyl (C=O) groups excluding carboxylic acids is 1. The Hall–Kier alpha value is -2.16. The minimum atomic E-state index is -3.81. The van der Waals surface area contributed by atoms with E-state index >= 15 is 0 Å². The van der Waals surface area contributed by atoms with Gasteiger partial charge in [0.25, 0.3) is 0 Å². The second-order valence-electron chi connectivity index (χ2n) is 5.92. The Bertz CT molecular complexity index is 962. The Morgan fingerprint density at radius 3 is 2.18 bits per heavy atom. The summed E-state index contributed by atoms with van der Waals surface area (Å²) in [5, 5.41) is 3.17. The zero-order valence-corrected chi connectivity index (χ0v) is 18.0. The summed E-state index contributed by atoms with van der Waals surface area (Å²) in [6.07, 6.45) is 1.000. The molecule has 0 aliphatic carbocycles. The second-order valence-corrected chi connectivity index (χ2v) is 8.65. The average Bonchev–Trinajstić information content (AvgIpc) is 2.60. The maximum Gasteiger partial charge on any atom is 0.248 e. The summed E-state index contributed by atoms with van der Waals surface area (Å²) in [6.45, 7) is 1.46. The number of nitrogens with zero attached hydrogens (tertiary/aromatic N) is 1. The van der Waals surface area contributed by atoms with E-state index in [1.165, 1.54) is 39.3 Å². The van der Waals surface area contributed by atoms with Gasteiger partial charge in [0, 0.05) is 16.1 Å². The van der Waals surface area contributed by atoms with Crippen molar-refractivity contribution in [3.8, 4) is 11.5 Å². The van der Waals surface area contributed by atoms with Crippen molar-refractivity contribution in [2.24, 2.45) is 0 Å². The number of benzene rings is 2. The zero-order valence-electron chi connectivity index (χ0n) is 15.7. The number of halogens is 2. The number of amides is 1. The Balaban J connectivity index is 2.37. The molecule has 1 N–H and O–H groups in total. The van der Waals surface area contributed by atoms with E-state index in [0.29, 0.717) is 17.2 Å². The summed E-state index contributed by atoms with van der Waals surface area (Å²) in [6, 6.07) is 8.08. The number of anilines is 2. The van der Waals surface area contributed by atoms with E-state index in [0.717, 1.165) is 10.6 Å². The molecule has 0 fully saturated rings. The van der Waals surface area contributed by atoms with Crippen LogP contribution in [0.5, 0.6) is 11.5 Å². The minimum absolute atomic E-state index is 0.185. The third-order valence-electron chi connectivity index (χ3n) is 3.86. The predicted octanol–water partition coefficient (Wildman–Crippen LogP) is 3.80. The molecule has 0 heterocycles. The zero-order chi connectivity index (χ0) is 21.1. The highest BCUT2D eigenvalue weighted by Crippen LogP contribution is 2.31. The first-order valence-electron chi connectivity index (χ1n) is 8.05. The Kier molecular flexibility index (Phi) is 7.03. The fourth-order valence-electron chi connectivity index (χ4n) is 2.61. The minimum Gasteiger partial charge on any atom is -0.497 e. The molecule has 0 aromatic heterocycles. The molecule has 0 saturated carbocycles.